The second-order valence-corrected chi connectivity index (χ2v) is 2.68. The van der Waals surface area contributed by atoms with Gasteiger partial charge in [0.1, 0.15) is 5.82 Å². The summed E-state index contributed by atoms with van der Waals surface area (Å²) in [5.41, 5.74) is 0. The Balaban J connectivity index is 3.03. The summed E-state index contributed by atoms with van der Waals surface area (Å²) >= 11 is 0. The first kappa shape index (κ1) is 8.60. The van der Waals surface area contributed by atoms with Gasteiger partial charge in [-0.1, -0.05) is 0 Å². The number of hydrogen-bond donors (Lipinski definition) is 2. The predicted octanol–water partition coefficient (Wildman–Crippen LogP) is -0.985. The Morgan fingerprint density at radius 2 is 2.25 bits per heavy atom. The van der Waals surface area contributed by atoms with Crippen LogP contribution in [0.2, 0.25) is 0 Å². The molecule has 0 atom stereocenters. The van der Waals surface area contributed by atoms with Gasteiger partial charge in [-0.15, -0.1) is 0 Å². The van der Waals surface area contributed by atoms with Crippen LogP contribution in [0.5, 0.6) is 0 Å². The highest BCUT2D eigenvalue weighted by Gasteiger charge is 1.98. The Hall–Kier alpha value is -1.50. The molecule has 0 aliphatic heterocycles. The van der Waals surface area contributed by atoms with E-state index in [1.807, 2.05) is 0 Å². The lowest BCUT2D eigenvalue weighted by molar-refractivity contribution is -0.105. The molecule has 6 nitrogen and oxygen atoms in total. The summed E-state index contributed by atoms with van der Waals surface area (Å²) < 4.78 is 20.7. The molecule has 1 aromatic rings. The number of nitrogens with zero attached hydrogens (tertiary/aromatic N) is 2. The Morgan fingerprint density at radius 1 is 1.50 bits per heavy atom. The molecule has 0 bridgehead atoms. The van der Waals surface area contributed by atoms with Crippen molar-refractivity contribution in [1.82, 2.24) is 9.97 Å². The van der Waals surface area contributed by atoms with Crippen LogP contribution in [0.25, 0.3) is 0 Å². The van der Waals surface area contributed by atoms with Crippen LogP contribution in [0.15, 0.2) is 17.4 Å². The van der Waals surface area contributed by atoms with Gasteiger partial charge >= 0.3 is 0 Å². The van der Waals surface area contributed by atoms with Gasteiger partial charge in [-0.25, -0.2) is 18.4 Å². The van der Waals surface area contributed by atoms with Crippen molar-refractivity contribution in [2.24, 2.45) is 0 Å². The van der Waals surface area contributed by atoms with Gasteiger partial charge in [0.15, 0.2) is 0 Å². The number of carbonyl (C=O) groups is 1. The summed E-state index contributed by atoms with van der Waals surface area (Å²) in [5, 5.41) is 1.90. The first-order chi connectivity index (χ1) is 5.74. The highest BCUT2D eigenvalue weighted by Crippen LogP contribution is 2.00. The first-order valence-electron chi connectivity index (χ1n) is 2.91. The maximum absolute atomic E-state index is 10.4. The van der Waals surface area contributed by atoms with Crippen molar-refractivity contribution in [1.29, 1.82) is 0 Å². The van der Waals surface area contributed by atoms with Crippen molar-refractivity contribution >= 4 is 22.9 Å². The van der Waals surface area contributed by atoms with Gasteiger partial charge in [-0.3, -0.25) is 4.79 Å². The van der Waals surface area contributed by atoms with E-state index in [9.17, 15) is 13.2 Å². The van der Waals surface area contributed by atoms with Crippen molar-refractivity contribution < 1.29 is 13.2 Å². The van der Waals surface area contributed by atoms with Gasteiger partial charge in [-0.05, 0) is 6.07 Å². The lowest BCUT2D eigenvalue weighted by Crippen LogP contribution is -2.00. The zero-order valence-electron chi connectivity index (χ0n) is 5.80. The van der Waals surface area contributed by atoms with Crippen LogP contribution >= 0.6 is 0 Å². The Labute approximate surface area is 69.6 Å². The quantitative estimate of drug-likeness (QED) is 0.360. The van der Waals surface area contributed by atoms with E-state index in [0.29, 0.717) is 6.41 Å². The van der Waals surface area contributed by atoms with Crippen molar-refractivity contribution in [2.45, 2.75) is 5.16 Å². The van der Waals surface area contributed by atoms with E-state index >= 15 is 0 Å². The second-order valence-electron chi connectivity index (χ2n) is 1.76. The minimum atomic E-state index is -2.80. The minimum Gasteiger partial charge on any atom is -0.313 e. The molecule has 0 unspecified atom stereocenters. The molecule has 1 heterocycles. The Bertz CT molecular complexity index is 355. The van der Waals surface area contributed by atoms with Gasteiger partial charge in [0.2, 0.25) is 22.3 Å². The highest BCUT2D eigenvalue weighted by atomic mass is 32.2. The molecular formula is C5H5N3O3S. The van der Waals surface area contributed by atoms with E-state index in [1.54, 1.807) is 0 Å². The van der Waals surface area contributed by atoms with E-state index in [0.717, 1.165) is 0 Å². The molecule has 0 aliphatic rings. The largest absolute Gasteiger partial charge is 0.313 e. The molecular weight excluding hydrogens is 182 g/mol. The number of hydrogen-bond acceptors (Lipinski definition) is 5. The summed E-state index contributed by atoms with van der Waals surface area (Å²) in [6, 6.07) is 1.39. The fourth-order valence-electron chi connectivity index (χ4n) is 0.577. The highest BCUT2D eigenvalue weighted by molar-refractivity contribution is 7.72. The minimum absolute atomic E-state index is 0.161. The molecule has 7 heteroatoms. The van der Waals surface area contributed by atoms with Crippen molar-refractivity contribution in [3.63, 3.8) is 0 Å². The summed E-state index contributed by atoms with van der Waals surface area (Å²) in [6.07, 6.45) is 1.66. The standard InChI is InChI=1S/C5H5N3O3S/c9-3-7-4-1-2-6-5(8-4)12(10)11/h1-3,12H,(H,6,7,8,9). The molecule has 12 heavy (non-hydrogen) atoms. The van der Waals surface area contributed by atoms with Crippen LogP contribution in [0.1, 0.15) is 0 Å². The molecule has 0 aromatic carbocycles. The lowest BCUT2D eigenvalue weighted by atomic mass is 10.6. The van der Waals surface area contributed by atoms with Crippen LogP contribution in [0, 0.1) is 0 Å². The summed E-state index contributed by atoms with van der Waals surface area (Å²) in [6.45, 7) is 0. The first-order valence-corrected chi connectivity index (χ1v) is 4.09. The number of rotatable bonds is 3. The normalized spacial score (nSPS) is 9.75. The van der Waals surface area contributed by atoms with Gasteiger partial charge in [-0.2, -0.15) is 0 Å². The fourth-order valence-corrected chi connectivity index (χ4v) is 0.927. The number of thiol groups is 1. The molecule has 1 amide bonds. The molecule has 0 radical (unpaired) electrons. The second kappa shape index (κ2) is 3.77. The lowest BCUT2D eigenvalue weighted by Gasteiger charge is -1.95. The third kappa shape index (κ3) is 1.99. The molecule has 0 fully saturated rings. The van der Waals surface area contributed by atoms with Crippen LogP contribution < -0.4 is 5.32 Å². The SMILES string of the molecule is O=CNc1ccnc([SH](=O)=O)n1. The van der Waals surface area contributed by atoms with E-state index in [2.05, 4.69) is 15.3 Å². The summed E-state index contributed by atoms with van der Waals surface area (Å²) in [5.74, 6) is 0.161. The number of carbonyl (C=O) groups excluding carboxylic acids is 1. The van der Waals surface area contributed by atoms with Crippen LogP contribution in [0.3, 0.4) is 0 Å². The predicted molar refractivity (Wildman–Crippen MR) is 40.3 cm³/mol. The Kier molecular flexibility index (Phi) is 2.70. The van der Waals surface area contributed by atoms with Crippen LogP contribution in [0.4, 0.5) is 5.82 Å². The average molecular weight is 187 g/mol. The van der Waals surface area contributed by atoms with Gasteiger partial charge in [0, 0.05) is 6.20 Å². The molecule has 0 saturated carbocycles. The zero-order chi connectivity index (χ0) is 8.97. The van der Waals surface area contributed by atoms with Crippen molar-refractivity contribution in [3.8, 4) is 0 Å². The third-order valence-electron chi connectivity index (χ3n) is 1.01. The number of amides is 1. The average Bonchev–Trinajstić information content (AvgIpc) is 2.05. The summed E-state index contributed by atoms with van der Waals surface area (Å²) in [7, 11) is -2.80. The molecule has 1 aromatic heterocycles. The fraction of sp³-hybridized carbons (Fsp3) is 0. The maximum atomic E-state index is 10.4. The Morgan fingerprint density at radius 3 is 2.83 bits per heavy atom. The number of aromatic nitrogens is 2. The van der Waals surface area contributed by atoms with Gasteiger partial charge in [0.05, 0.1) is 0 Å². The van der Waals surface area contributed by atoms with E-state index in [4.69, 9.17) is 0 Å². The molecule has 0 aliphatic carbocycles. The zero-order valence-corrected chi connectivity index (χ0v) is 6.69. The summed E-state index contributed by atoms with van der Waals surface area (Å²) in [4.78, 5) is 16.9. The van der Waals surface area contributed by atoms with Crippen molar-refractivity contribution in [3.05, 3.63) is 12.3 Å². The third-order valence-corrected chi connectivity index (χ3v) is 1.56. The van der Waals surface area contributed by atoms with Gasteiger partial charge in [0.25, 0.3) is 0 Å². The molecule has 1 rings (SSSR count). The van der Waals surface area contributed by atoms with Crippen molar-refractivity contribution in [2.75, 3.05) is 5.32 Å². The molecule has 64 valence electrons. The molecule has 0 saturated heterocycles. The molecule has 0 spiro atoms. The van der Waals surface area contributed by atoms with E-state index in [-0.39, 0.29) is 11.0 Å². The van der Waals surface area contributed by atoms with E-state index < -0.39 is 10.7 Å². The monoisotopic (exact) mass is 187 g/mol. The number of anilines is 1. The maximum Gasteiger partial charge on any atom is 0.246 e. The number of nitrogens with one attached hydrogen (secondary N) is 1. The smallest absolute Gasteiger partial charge is 0.246 e. The molecule has 1 N–H and O–H groups in total. The topological polar surface area (TPSA) is 89.0 Å². The van der Waals surface area contributed by atoms with E-state index in [1.165, 1.54) is 12.3 Å². The van der Waals surface area contributed by atoms with Crippen LogP contribution in [-0.2, 0) is 15.5 Å². The van der Waals surface area contributed by atoms with Crippen LogP contribution in [-0.4, -0.2) is 24.8 Å². The van der Waals surface area contributed by atoms with Gasteiger partial charge < -0.3 is 5.32 Å².